The second-order valence-corrected chi connectivity index (χ2v) is 8.52. The molecule has 1 aromatic rings. The molecule has 1 aromatic carbocycles. The van der Waals surface area contributed by atoms with Crippen molar-refractivity contribution in [1.82, 2.24) is 0 Å². The van der Waals surface area contributed by atoms with Gasteiger partial charge in [-0.25, -0.2) is 0 Å². The van der Waals surface area contributed by atoms with Crippen LogP contribution in [0.5, 0.6) is 0 Å². The molecule has 120 valence electrons. The number of nitrogens with zero attached hydrogens (tertiary/aromatic N) is 1. The van der Waals surface area contributed by atoms with Crippen molar-refractivity contribution in [3.63, 3.8) is 0 Å². The molecule has 0 amide bonds. The summed E-state index contributed by atoms with van der Waals surface area (Å²) >= 11 is 0. The maximum Gasteiger partial charge on any atom is 0.494 e. The van der Waals surface area contributed by atoms with Crippen molar-refractivity contribution < 1.29 is 9.31 Å². The lowest BCUT2D eigenvalue weighted by molar-refractivity contribution is 0.00578. The molecule has 2 fully saturated rings. The fraction of sp³-hybridized carbons (Fsp3) is 0.667. The van der Waals surface area contributed by atoms with E-state index in [-0.39, 0.29) is 18.3 Å². The van der Waals surface area contributed by atoms with Crippen LogP contribution in [0.1, 0.15) is 48.0 Å². The molecule has 0 saturated carbocycles. The zero-order valence-electron chi connectivity index (χ0n) is 14.8. The van der Waals surface area contributed by atoms with Gasteiger partial charge < -0.3 is 14.2 Å². The number of hydrogen-bond donors (Lipinski definition) is 0. The van der Waals surface area contributed by atoms with Crippen LogP contribution in [-0.2, 0) is 9.31 Å². The van der Waals surface area contributed by atoms with Gasteiger partial charge in [0.1, 0.15) is 0 Å². The van der Waals surface area contributed by atoms with Crippen molar-refractivity contribution in [3.05, 3.63) is 24.3 Å². The highest BCUT2D eigenvalue weighted by Crippen LogP contribution is 2.37. The SMILES string of the molecule is CC1(C)CCN(c2cccc(B3OC(C)(C)C(C)(C)O3)c2)C1. The number of rotatable bonds is 2. The Bertz CT molecular complexity index is 552. The van der Waals surface area contributed by atoms with Crippen molar-refractivity contribution >= 4 is 18.3 Å². The van der Waals surface area contributed by atoms with Crippen LogP contribution in [0.15, 0.2) is 24.3 Å². The van der Waals surface area contributed by atoms with Crippen LogP contribution >= 0.6 is 0 Å². The first-order chi connectivity index (χ1) is 10.1. The van der Waals surface area contributed by atoms with E-state index in [0.29, 0.717) is 5.41 Å². The van der Waals surface area contributed by atoms with E-state index in [0.717, 1.165) is 18.6 Å². The topological polar surface area (TPSA) is 21.7 Å². The summed E-state index contributed by atoms with van der Waals surface area (Å²) in [5.41, 5.74) is 2.21. The van der Waals surface area contributed by atoms with Crippen LogP contribution in [0, 0.1) is 5.41 Å². The van der Waals surface area contributed by atoms with Gasteiger partial charge in [-0.2, -0.15) is 0 Å². The molecule has 0 aliphatic carbocycles. The van der Waals surface area contributed by atoms with Crippen molar-refractivity contribution in [1.29, 1.82) is 0 Å². The Labute approximate surface area is 135 Å². The Morgan fingerprint density at radius 2 is 1.64 bits per heavy atom. The Kier molecular flexibility index (Phi) is 3.61. The van der Waals surface area contributed by atoms with Crippen LogP contribution in [0.4, 0.5) is 5.69 Å². The van der Waals surface area contributed by atoms with Gasteiger partial charge in [-0.3, -0.25) is 0 Å². The third-order valence-electron chi connectivity index (χ3n) is 5.44. The van der Waals surface area contributed by atoms with E-state index in [4.69, 9.17) is 9.31 Å². The Hall–Kier alpha value is -0.995. The summed E-state index contributed by atoms with van der Waals surface area (Å²) in [7, 11) is -0.277. The average Bonchev–Trinajstić information content (AvgIpc) is 2.87. The zero-order chi connectivity index (χ0) is 16.2. The van der Waals surface area contributed by atoms with E-state index in [2.05, 4.69) is 70.7 Å². The lowest BCUT2D eigenvalue weighted by Gasteiger charge is -2.32. The molecule has 2 aliphatic heterocycles. The summed E-state index contributed by atoms with van der Waals surface area (Å²) in [5.74, 6) is 0. The molecule has 0 N–H and O–H groups in total. The van der Waals surface area contributed by atoms with E-state index < -0.39 is 0 Å². The van der Waals surface area contributed by atoms with Crippen LogP contribution in [-0.4, -0.2) is 31.4 Å². The van der Waals surface area contributed by atoms with E-state index in [9.17, 15) is 0 Å². The van der Waals surface area contributed by atoms with Gasteiger partial charge in [0.2, 0.25) is 0 Å². The minimum atomic E-state index is -0.288. The van der Waals surface area contributed by atoms with E-state index in [1.165, 1.54) is 12.1 Å². The summed E-state index contributed by atoms with van der Waals surface area (Å²) in [5, 5.41) is 0. The van der Waals surface area contributed by atoms with Crippen LogP contribution in [0.3, 0.4) is 0 Å². The quantitative estimate of drug-likeness (QED) is 0.783. The maximum absolute atomic E-state index is 6.17. The van der Waals surface area contributed by atoms with Crippen molar-refractivity contribution in [3.8, 4) is 0 Å². The first kappa shape index (κ1) is 15.9. The van der Waals surface area contributed by atoms with E-state index >= 15 is 0 Å². The van der Waals surface area contributed by atoms with Gasteiger partial charge in [0, 0.05) is 18.8 Å². The summed E-state index contributed by atoms with van der Waals surface area (Å²) in [6.45, 7) is 15.3. The molecule has 3 rings (SSSR count). The summed E-state index contributed by atoms with van der Waals surface area (Å²) < 4.78 is 12.3. The normalized spacial score (nSPS) is 25.7. The van der Waals surface area contributed by atoms with Gasteiger partial charge in [0.25, 0.3) is 0 Å². The molecular formula is C18H28BNO2. The van der Waals surface area contributed by atoms with Gasteiger partial charge in [0.05, 0.1) is 11.2 Å². The first-order valence-corrected chi connectivity index (χ1v) is 8.30. The highest BCUT2D eigenvalue weighted by atomic mass is 16.7. The van der Waals surface area contributed by atoms with Crippen LogP contribution in [0.2, 0.25) is 0 Å². The molecule has 4 heteroatoms. The molecule has 0 aromatic heterocycles. The third kappa shape index (κ3) is 2.79. The van der Waals surface area contributed by atoms with Crippen molar-refractivity contribution in [2.75, 3.05) is 18.0 Å². The van der Waals surface area contributed by atoms with Crippen molar-refractivity contribution in [2.24, 2.45) is 5.41 Å². The predicted octanol–water partition coefficient (Wildman–Crippen LogP) is 3.22. The minimum absolute atomic E-state index is 0.277. The molecule has 0 atom stereocenters. The lowest BCUT2D eigenvalue weighted by atomic mass is 9.79. The Balaban J connectivity index is 1.81. The van der Waals surface area contributed by atoms with Crippen molar-refractivity contribution in [2.45, 2.75) is 59.2 Å². The molecule has 22 heavy (non-hydrogen) atoms. The second-order valence-electron chi connectivity index (χ2n) is 8.52. The van der Waals surface area contributed by atoms with Gasteiger partial charge in [-0.15, -0.1) is 0 Å². The largest absolute Gasteiger partial charge is 0.494 e. The maximum atomic E-state index is 6.17. The lowest BCUT2D eigenvalue weighted by Crippen LogP contribution is -2.41. The molecule has 0 radical (unpaired) electrons. The van der Waals surface area contributed by atoms with E-state index in [1.54, 1.807) is 0 Å². The summed E-state index contributed by atoms with van der Waals surface area (Å²) in [4.78, 5) is 2.47. The highest BCUT2D eigenvalue weighted by molar-refractivity contribution is 6.62. The third-order valence-corrected chi connectivity index (χ3v) is 5.44. The smallest absolute Gasteiger partial charge is 0.399 e. The van der Waals surface area contributed by atoms with Gasteiger partial charge in [0.15, 0.2) is 0 Å². The molecular weight excluding hydrogens is 273 g/mol. The van der Waals surface area contributed by atoms with Gasteiger partial charge in [-0.05, 0) is 57.1 Å². The Morgan fingerprint density at radius 1 is 1.00 bits per heavy atom. The first-order valence-electron chi connectivity index (χ1n) is 8.30. The molecule has 3 nitrogen and oxygen atoms in total. The van der Waals surface area contributed by atoms with Gasteiger partial charge in [-0.1, -0.05) is 26.0 Å². The van der Waals surface area contributed by atoms with E-state index in [1.807, 2.05) is 0 Å². The monoisotopic (exact) mass is 301 g/mol. The Morgan fingerprint density at radius 3 is 2.18 bits per heavy atom. The predicted molar refractivity (Wildman–Crippen MR) is 92.8 cm³/mol. The fourth-order valence-electron chi connectivity index (χ4n) is 3.18. The second kappa shape index (κ2) is 5.00. The van der Waals surface area contributed by atoms with Crippen LogP contribution < -0.4 is 10.4 Å². The number of benzene rings is 1. The highest BCUT2D eigenvalue weighted by Gasteiger charge is 2.51. The molecule has 2 aliphatic rings. The molecule has 0 unspecified atom stereocenters. The zero-order valence-corrected chi connectivity index (χ0v) is 14.8. The summed E-state index contributed by atoms with van der Waals surface area (Å²) in [6.07, 6.45) is 1.24. The molecule has 2 heterocycles. The molecule has 0 bridgehead atoms. The average molecular weight is 301 g/mol. The standard InChI is InChI=1S/C18H28BNO2/c1-16(2)10-11-20(13-16)15-9-7-8-14(12-15)19-21-17(3,4)18(5,6)22-19/h7-9,12H,10-11,13H2,1-6H3. The molecule has 2 saturated heterocycles. The number of hydrogen-bond acceptors (Lipinski definition) is 3. The minimum Gasteiger partial charge on any atom is -0.399 e. The van der Waals surface area contributed by atoms with Gasteiger partial charge >= 0.3 is 7.12 Å². The summed E-state index contributed by atoms with van der Waals surface area (Å²) in [6, 6.07) is 8.63. The molecule has 0 spiro atoms. The van der Waals surface area contributed by atoms with Crippen LogP contribution in [0.25, 0.3) is 0 Å². The number of anilines is 1. The fourth-order valence-corrected chi connectivity index (χ4v) is 3.18.